The maximum atomic E-state index is 13.8. The van der Waals surface area contributed by atoms with Gasteiger partial charge < -0.3 is 35.0 Å². The first kappa shape index (κ1) is 22.4. The summed E-state index contributed by atoms with van der Waals surface area (Å²) in [6.45, 7) is 0. The second kappa shape index (κ2) is 7.96. The van der Waals surface area contributed by atoms with Gasteiger partial charge in [-0.15, -0.1) is 0 Å². The molecule has 4 aromatic rings. The maximum Gasteiger partial charge on any atom is 0.331 e. The Hall–Kier alpha value is -5.11. The molecular formula is C29H20O8. The smallest absolute Gasteiger partial charge is 0.331 e. The Kier molecular flexibility index (Phi) is 4.81. The summed E-state index contributed by atoms with van der Waals surface area (Å²) in [4.78, 5) is 13.8. The highest BCUT2D eigenvalue weighted by Gasteiger charge is 2.64. The van der Waals surface area contributed by atoms with E-state index in [0.717, 1.165) is 11.6 Å². The summed E-state index contributed by atoms with van der Waals surface area (Å²) in [7, 11) is 0. The van der Waals surface area contributed by atoms with Crippen LogP contribution in [-0.2, 0) is 10.2 Å². The molecular weight excluding hydrogens is 476 g/mol. The molecule has 184 valence electrons. The predicted molar refractivity (Wildman–Crippen MR) is 133 cm³/mol. The second-order valence-corrected chi connectivity index (χ2v) is 8.96. The first-order valence-electron chi connectivity index (χ1n) is 11.4. The lowest BCUT2D eigenvalue weighted by Crippen LogP contribution is -2.40. The SMILES string of the molecule is O=C1Oc2cc(O)cc(/C=C/c3ccc(O)cc3)c2[C@@]12c1c(O)cc(O)cc1O[C@H]2c1cccc(O)c1. The fourth-order valence-electron chi connectivity index (χ4n) is 5.20. The second-order valence-electron chi connectivity index (χ2n) is 8.96. The average molecular weight is 496 g/mol. The van der Waals surface area contributed by atoms with Crippen LogP contribution in [0.3, 0.4) is 0 Å². The summed E-state index contributed by atoms with van der Waals surface area (Å²) in [5, 5.41) is 51.3. The fourth-order valence-corrected chi connectivity index (χ4v) is 5.20. The van der Waals surface area contributed by atoms with E-state index in [1.807, 2.05) is 0 Å². The number of carbonyl (C=O) groups excluding carboxylic acids is 1. The molecule has 37 heavy (non-hydrogen) atoms. The van der Waals surface area contributed by atoms with Crippen LogP contribution in [0.4, 0.5) is 0 Å². The van der Waals surface area contributed by atoms with Crippen LogP contribution in [0.1, 0.15) is 33.9 Å². The zero-order valence-electron chi connectivity index (χ0n) is 19.1. The Labute approximate surface area is 210 Å². The highest BCUT2D eigenvalue weighted by molar-refractivity contribution is 6.00. The highest BCUT2D eigenvalue weighted by atomic mass is 16.6. The van der Waals surface area contributed by atoms with Gasteiger partial charge in [0.05, 0.1) is 5.56 Å². The molecule has 0 aromatic heterocycles. The van der Waals surface area contributed by atoms with E-state index >= 15 is 0 Å². The van der Waals surface area contributed by atoms with Crippen molar-refractivity contribution in [2.24, 2.45) is 0 Å². The highest BCUT2D eigenvalue weighted by Crippen LogP contribution is 2.63. The minimum Gasteiger partial charge on any atom is -0.508 e. The van der Waals surface area contributed by atoms with E-state index in [4.69, 9.17) is 9.47 Å². The van der Waals surface area contributed by atoms with E-state index in [2.05, 4.69) is 0 Å². The molecule has 0 saturated heterocycles. The van der Waals surface area contributed by atoms with E-state index in [1.165, 1.54) is 42.5 Å². The van der Waals surface area contributed by atoms with Gasteiger partial charge in [-0.2, -0.15) is 0 Å². The molecule has 2 aliphatic rings. The van der Waals surface area contributed by atoms with Gasteiger partial charge in [0, 0.05) is 23.8 Å². The van der Waals surface area contributed by atoms with Crippen molar-refractivity contribution in [2.75, 3.05) is 0 Å². The van der Waals surface area contributed by atoms with Crippen LogP contribution >= 0.6 is 0 Å². The number of hydrogen-bond donors (Lipinski definition) is 5. The standard InChI is InChI=1S/C29H20O8/c30-18-8-5-15(6-9-18)4-7-16-10-20(32)13-23-25(16)29(28(35)37-23)26-22(34)12-21(33)14-24(26)36-27(29)17-2-1-3-19(31)11-17/h1-14,27,30-34H/b7-4+/t27-,29-/m0/s1. The minimum absolute atomic E-state index is 0.0518. The van der Waals surface area contributed by atoms with Gasteiger partial charge >= 0.3 is 5.97 Å². The van der Waals surface area contributed by atoms with Gasteiger partial charge in [-0.1, -0.05) is 36.4 Å². The monoisotopic (exact) mass is 496 g/mol. The first-order chi connectivity index (χ1) is 17.8. The van der Waals surface area contributed by atoms with Gasteiger partial charge in [-0.05, 0) is 47.0 Å². The molecule has 4 aromatic carbocycles. The molecule has 8 nitrogen and oxygen atoms in total. The van der Waals surface area contributed by atoms with Crippen molar-refractivity contribution in [3.8, 4) is 40.2 Å². The number of benzene rings is 4. The Balaban J connectivity index is 1.64. The predicted octanol–water partition coefficient (Wildman–Crippen LogP) is 4.72. The van der Waals surface area contributed by atoms with Crippen molar-refractivity contribution in [3.63, 3.8) is 0 Å². The summed E-state index contributed by atoms with van der Waals surface area (Å²) in [5.41, 5.74) is 0.322. The molecule has 1 spiro atoms. The number of ether oxygens (including phenoxy) is 2. The Morgan fingerprint density at radius 1 is 0.703 bits per heavy atom. The topological polar surface area (TPSA) is 137 Å². The molecule has 2 heterocycles. The van der Waals surface area contributed by atoms with Crippen molar-refractivity contribution in [1.82, 2.24) is 0 Å². The molecule has 0 saturated carbocycles. The summed E-state index contributed by atoms with van der Waals surface area (Å²) >= 11 is 0. The lowest BCUT2D eigenvalue weighted by molar-refractivity contribution is -0.139. The van der Waals surface area contributed by atoms with Gasteiger partial charge in [0.15, 0.2) is 5.41 Å². The third kappa shape index (κ3) is 3.34. The number of fused-ring (bicyclic) bond motifs is 4. The zero-order chi connectivity index (χ0) is 25.9. The van der Waals surface area contributed by atoms with E-state index < -0.39 is 17.5 Å². The molecule has 0 radical (unpaired) electrons. The molecule has 2 aliphatic heterocycles. The van der Waals surface area contributed by atoms with Crippen LogP contribution < -0.4 is 9.47 Å². The molecule has 0 aliphatic carbocycles. The molecule has 5 N–H and O–H groups in total. The van der Waals surface area contributed by atoms with Crippen LogP contribution in [-0.4, -0.2) is 31.5 Å². The van der Waals surface area contributed by atoms with Crippen molar-refractivity contribution < 1.29 is 39.8 Å². The molecule has 2 atom stereocenters. The van der Waals surface area contributed by atoms with Crippen molar-refractivity contribution in [2.45, 2.75) is 11.5 Å². The summed E-state index contributed by atoms with van der Waals surface area (Å²) < 4.78 is 11.9. The molecule has 0 fully saturated rings. The van der Waals surface area contributed by atoms with Gasteiger partial charge in [0.2, 0.25) is 0 Å². The minimum atomic E-state index is -1.72. The van der Waals surface area contributed by atoms with Gasteiger partial charge in [-0.3, -0.25) is 4.79 Å². The van der Waals surface area contributed by atoms with E-state index in [0.29, 0.717) is 16.7 Å². The number of rotatable bonds is 3. The molecule has 6 rings (SSSR count). The molecule has 8 heteroatoms. The Bertz CT molecular complexity index is 1610. The number of esters is 1. The van der Waals surface area contributed by atoms with E-state index in [9.17, 15) is 30.3 Å². The Morgan fingerprint density at radius 3 is 2.19 bits per heavy atom. The third-order valence-corrected chi connectivity index (χ3v) is 6.66. The fraction of sp³-hybridized carbons (Fsp3) is 0.0690. The Morgan fingerprint density at radius 2 is 1.43 bits per heavy atom. The van der Waals surface area contributed by atoms with Crippen molar-refractivity contribution in [3.05, 3.63) is 101 Å². The van der Waals surface area contributed by atoms with Crippen LogP contribution in [0.25, 0.3) is 12.2 Å². The largest absolute Gasteiger partial charge is 0.508 e. The van der Waals surface area contributed by atoms with Crippen LogP contribution in [0.15, 0.2) is 72.8 Å². The van der Waals surface area contributed by atoms with E-state index in [-0.39, 0.29) is 45.8 Å². The van der Waals surface area contributed by atoms with Gasteiger partial charge in [0.1, 0.15) is 46.4 Å². The number of phenolic OH excluding ortho intramolecular Hbond substituents is 5. The lowest BCUT2D eigenvalue weighted by atomic mass is 9.68. The quantitative estimate of drug-likeness (QED) is 0.156. The van der Waals surface area contributed by atoms with Crippen LogP contribution in [0.5, 0.6) is 40.2 Å². The summed E-state index contributed by atoms with van der Waals surface area (Å²) in [6, 6.07) is 17.9. The first-order valence-corrected chi connectivity index (χ1v) is 11.4. The number of carbonyl (C=O) groups is 1. The normalized spacial score (nSPS) is 19.6. The van der Waals surface area contributed by atoms with E-state index in [1.54, 1.807) is 36.4 Å². The van der Waals surface area contributed by atoms with Crippen LogP contribution in [0, 0.1) is 0 Å². The third-order valence-electron chi connectivity index (χ3n) is 6.66. The van der Waals surface area contributed by atoms with Crippen molar-refractivity contribution >= 4 is 18.1 Å². The van der Waals surface area contributed by atoms with Gasteiger partial charge in [-0.25, -0.2) is 0 Å². The summed E-state index contributed by atoms with van der Waals surface area (Å²) in [5.74, 6) is -1.29. The van der Waals surface area contributed by atoms with Crippen molar-refractivity contribution in [1.29, 1.82) is 0 Å². The lowest BCUT2D eigenvalue weighted by Gasteiger charge is -2.29. The number of phenols is 5. The summed E-state index contributed by atoms with van der Waals surface area (Å²) in [6.07, 6.45) is 2.34. The molecule has 0 unspecified atom stereocenters. The zero-order valence-corrected chi connectivity index (χ0v) is 19.1. The average Bonchev–Trinajstić information content (AvgIpc) is 3.33. The number of aromatic hydroxyl groups is 5. The maximum absolute atomic E-state index is 13.8. The van der Waals surface area contributed by atoms with Gasteiger partial charge in [0.25, 0.3) is 0 Å². The van der Waals surface area contributed by atoms with Crippen LogP contribution in [0.2, 0.25) is 0 Å². The molecule has 0 amide bonds. The molecule has 0 bridgehead atoms. The number of hydrogen-bond acceptors (Lipinski definition) is 8.